The van der Waals surface area contributed by atoms with Crippen molar-refractivity contribution < 1.29 is 60.1 Å². The Bertz CT molecular complexity index is 396. The molecule has 0 aromatic carbocycles. The number of carboxylic acids is 2. The second-order valence-electron chi connectivity index (χ2n) is 2.95. The van der Waals surface area contributed by atoms with Crippen molar-refractivity contribution in [3.05, 3.63) is 24.3 Å². The predicted octanol–water partition coefficient (Wildman–Crippen LogP) is -0.947. The van der Waals surface area contributed by atoms with Crippen LogP contribution in [-0.4, -0.2) is 55.0 Å². The first-order chi connectivity index (χ1) is 9.22. The van der Waals surface area contributed by atoms with Crippen LogP contribution in [-0.2, 0) is 29.0 Å². The van der Waals surface area contributed by atoms with E-state index in [0.717, 1.165) is 0 Å². The second-order valence-corrected chi connectivity index (χ2v) is 2.95. The van der Waals surface area contributed by atoms with Gasteiger partial charge in [-0.2, -0.15) is 14.7 Å². The quantitative estimate of drug-likeness (QED) is 0.132. The van der Waals surface area contributed by atoms with E-state index in [1.165, 1.54) is 0 Å². The molecule has 0 rings (SSSR count). The third-order valence-corrected chi connectivity index (χ3v) is 1.54. The fourth-order valence-corrected chi connectivity index (χ4v) is 0.786. The van der Waals surface area contributed by atoms with Gasteiger partial charge in [-0.25, -0.2) is 25.4 Å². The van der Waals surface area contributed by atoms with E-state index in [2.05, 4.69) is 19.4 Å². The van der Waals surface area contributed by atoms with Gasteiger partial charge in [0.2, 0.25) is 0 Å². The molecule has 12 nitrogen and oxygen atoms in total. The summed E-state index contributed by atoms with van der Waals surface area (Å²) in [5, 5.41) is 51.5. The number of carboxylic acid groups (broad SMARTS) is 2. The number of hydrogen-bond acceptors (Lipinski definition) is 10. The summed E-state index contributed by atoms with van der Waals surface area (Å²) in [7, 11) is 0. The van der Waals surface area contributed by atoms with E-state index in [1.54, 1.807) is 0 Å². The summed E-state index contributed by atoms with van der Waals surface area (Å²) >= 11 is 0. The van der Waals surface area contributed by atoms with Crippen molar-refractivity contribution in [2.75, 3.05) is 0 Å². The zero-order valence-corrected chi connectivity index (χ0v) is 9.44. The highest BCUT2D eigenvalue weighted by molar-refractivity contribution is 5.80. The van der Waals surface area contributed by atoms with Crippen LogP contribution in [0.5, 0.6) is 0 Å². The molecule has 0 heterocycles. The van der Waals surface area contributed by atoms with Gasteiger partial charge in [0, 0.05) is 24.3 Å². The average Bonchev–Trinajstić information content (AvgIpc) is 2.41. The fourth-order valence-electron chi connectivity index (χ4n) is 0.786. The molecule has 0 aliphatic rings. The van der Waals surface area contributed by atoms with E-state index >= 15 is 0 Å². The van der Waals surface area contributed by atoms with E-state index < -0.39 is 23.9 Å². The molecule has 0 saturated carbocycles. The number of carbonyl (C=O) groups is 2. The second kappa shape index (κ2) is 7.63. The standard InChI is InChI=1S/C8H10O12/c9-5(10)1-3-7(13,18-14)17-8(19-15,20-16)4-2-6(11)12/h1-4,13-16H,(H,9,10)(H,11,12)/b3-1-,4-2-. The monoisotopic (exact) mass is 298 g/mol. The minimum atomic E-state index is -3.27. The van der Waals surface area contributed by atoms with Crippen LogP contribution >= 0.6 is 0 Å². The Morgan fingerprint density at radius 3 is 1.65 bits per heavy atom. The molecule has 0 aromatic rings. The van der Waals surface area contributed by atoms with Gasteiger partial charge in [-0.15, -0.1) is 0 Å². The van der Waals surface area contributed by atoms with Crippen LogP contribution in [0, 0.1) is 0 Å². The van der Waals surface area contributed by atoms with Crippen LogP contribution in [0.3, 0.4) is 0 Å². The Morgan fingerprint density at radius 2 is 1.30 bits per heavy atom. The number of rotatable bonds is 9. The molecule has 1 unspecified atom stereocenters. The SMILES string of the molecule is O=C(O)/C=C\C(O)(OO)OC(/C=C\C(=O)O)(OO)OO. The minimum absolute atomic E-state index is 0.205. The van der Waals surface area contributed by atoms with Crippen molar-refractivity contribution in [2.45, 2.75) is 11.9 Å². The molecule has 0 saturated heterocycles. The van der Waals surface area contributed by atoms with Crippen molar-refractivity contribution >= 4 is 11.9 Å². The smallest absolute Gasteiger partial charge is 0.364 e. The Kier molecular flexibility index (Phi) is 6.91. The van der Waals surface area contributed by atoms with Gasteiger partial charge in [-0.05, 0) is 0 Å². The normalized spacial score (nSPS) is 15.6. The van der Waals surface area contributed by atoms with Gasteiger partial charge < -0.3 is 15.3 Å². The zero-order valence-electron chi connectivity index (χ0n) is 9.44. The highest BCUT2D eigenvalue weighted by atomic mass is 17.3. The summed E-state index contributed by atoms with van der Waals surface area (Å²) in [5.41, 5.74) is 0. The number of ether oxygens (including phenoxy) is 1. The van der Waals surface area contributed by atoms with E-state index in [9.17, 15) is 14.7 Å². The Balaban J connectivity index is 5.30. The number of aliphatic hydroxyl groups is 1. The number of hydrogen-bond donors (Lipinski definition) is 6. The third kappa shape index (κ3) is 5.83. The van der Waals surface area contributed by atoms with Crippen molar-refractivity contribution in [1.29, 1.82) is 0 Å². The van der Waals surface area contributed by atoms with Crippen LogP contribution in [0.2, 0.25) is 0 Å². The van der Waals surface area contributed by atoms with Gasteiger partial charge in [-0.1, -0.05) is 0 Å². The molecule has 6 N–H and O–H groups in total. The molecule has 0 fully saturated rings. The van der Waals surface area contributed by atoms with Crippen LogP contribution < -0.4 is 0 Å². The highest BCUT2D eigenvalue weighted by Gasteiger charge is 2.43. The van der Waals surface area contributed by atoms with Crippen molar-refractivity contribution in [2.24, 2.45) is 0 Å². The largest absolute Gasteiger partial charge is 0.478 e. The van der Waals surface area contributed by atoms with Gasteiger partial charge in [0.25, 0.3) is 0 Å². The lowest BCUT2D eigenvalue weighted by Gasteiger charge is -2.29. The molecule has 0 amide bonds. The van der Waals surface area contributed by atoms with Gasteiger partial charge in [0.05, 0.1) is 0 Å². The van der Waals surface area contributed by atoms with Gasteiger partial charge in [-0.3, -0.25) is 4.74 Å². The molecule has 12 heteroatoms. The maximum atomic E-state index is 10.3. The first-order valence-corrected chi connectivity index (χ1v) is 4.47. The van der Waals surface area contributed by atoms with Crippen molar-refractivity contribution in [3.63, 3.8) is 0 Å². The fraction of sp³-hybridized carbons (Fsp3) is 0.250. The summed E-state index contributed by atoms with van der Waals surface area (Å²) < 4.78 is 4.21. The molecule has 0 bridgehead atoms. The summed E-state index contributed by atoms with van der Waals surface area (Å²) in [6.45, 7) is 0. The third-order valence-electron chi connectivity index (χ3n) is 1.54. The Hall–Kier alpha value is -1.90. The summed E-state index contributed by atoms with van der Waals surface area (Å²) in [6.07, 6.45) is 0.951. The topological polar surface area (TPSA) is 192 Å². The van der Waals surface area contributed by atoms with Crippen LogP contribution in [0.4, 0.5) is 0 Å². The predicted molar refractivity (Wildman–Crippen MR) is 53.5 cm³/mol. The highest BCUT2D eigenvalue weighted by Crippen LogP contribution is 2.24. The molecule has 114 valence electrons. The van der Waals surface area contributed by atoms with E-state index in [1.807, 2.05) is 0 Å². The molecular formula is C8H10O12. The van der Waals surface area contributed by atoms with Crippen molar-refractivity contribution in [1.82, 2.24) is 0 Å². The Labute approximate surface area is 109 Å². The molecule has 0 radical (unpaired) electrons. The van der Waals surface area contributed by atoms with E-state index in [0.29, 0.717) is 0 Å². The maximum absolute atomic E-state index is 10.3. The van der Waals surface area contributed by atoms with Gasteiger partial charge >= 0.3 is 23.9 Å². The van der Waals surface area contributed by atoms with E-state index in [-0.39, 0.29) is 24.3 Å². The lowest BCUT2D eigenvalue weighted by atomic mass is 10.4. The Morgan fingerprint density at radius 1 is 0.850 bits per heavy atom. The van der Waals surface area contributed by atoms with E-state index in [4.69, 9.17) is 26.0 Å². The maximum Gasteiger partial charge on any atom is 0.364 e. The summed E-state index contributed by atoms with van der Waals surface area (Å²) in [6, 6.07) is 0. The first-order valence-electron chi connectivity index (χ1n) is 4.47. The molecule has 0 aromatic heterocycles. The van der Waals surface area contributed by atoms with Crippen LogP contribution in [0.25, 0.3) is 0 Å². The van der Waals surface area contributed by atoms with Crippen molar-refractivity contribution in [3.8, 4) is 0 Å². The molecule has 1 atom stereocenters. The molecule has 0 aliphatic heterocycles. The lowest BCUT2D eigenvalue weighted by molar-refractivity contribution is -0.600. The van der Waals surface area contributed by atoms with Crippen LogP contribution in [0.15, 0.2) is 24.3 Å². The van der Waals surface area contributed by atoms with Gasteiger partial charge in [0.1, 0.15) is 0 Å². The first kappa shape index (κ1) is 18.1. The van der Waals surface area contributed by atoms with Crippen LogP contribution in [0.1, 0.15) is 0 Å². The number of aliphatic carboxylic acids is 2. The molecule has 0 aliphatic carbocycles. The molecular weight excluding hydrogens is 288 g/mol. The molecule has 0 spiro atoms. The zero-order chi connectivity index (χ0) is 15.8. The summed E-state index contributed by atoms with van der Waals surface area (Å²) in [5.74, 6) is -9.60. The molecule has 20 heavy (non-hydrogen) atoms. The van der Waals surface area contributed by atoms with Gasteiger partial charge in [0.15, 0.2) is 0 Å². The lowest BCUT2D eigenvalue weighted by Crippen LogP contribution is -2.46. The minimum Gasteiger partial charge on any atom is -0.478 e. The summed E-state index contributed by atoms with van der Waals surface area (Å²) in [4.78, 5) is 30.8. The average molecular weight is 298 g/mol.